The van der Waals surface area contributed by atoms with Crippen LogP contribution in [0.5, 0.6) is 0 Å². The Morgan fingerprint density at radius 1 is 1.30 bits per heavy atom. The predicted octanol–water partition coefficient (Wildman–Crippen LogP) is 1.52. The standard InChI is InChI=1S/C13H24N4O2S/c1-10-13(12(9-14)16-15-10)20(18,19)17(2)11-7-5-3-4-6-8-11/h11H,3-9,14H2,1-2H3,(H,15,16). The monoisotopic (exact) mass is 300 g/mol. The van der Waals surface area contributed by atoms with Crippen LogP contribution in [0.25, 0.3) is 0 Å². The van der Waals surface area contributed by atoms with E-state index in [1.54, 1.807) is 14.0 Å². The molecule has 1 aromatic heterocycles. The maximum atomic E-state index is 12.8. The molecule has 1 heterocycles. The number of hydrogen-bond acceptors (Lipinski definition) is 4. The number of H-pyrrole nitrogens is 1. The van der Waals surface area contributed by atoms with Crippen molar-refractivity contribution < 1.29 is 8.42 Å². The maximum absolute atomic E-state index is 12.8. The van der Waals surface area contributed by atoms with E-state index in [1.165, 1.54) is 17.1 Å². The molecule has 0 unspecified atom stereocenters. The van der Waals surface area contributed by atoms with Gasteiger partial charge in [0.1, 0.15) is 4.90 Å². The Balaban J connectivity index is 2.31. The first-order valence-electron chi connectivity index (χ1n) is 7.20. The molecule has 1 saturated carbocycles. The fourth-order valence-electron chi connectivity index (χ4n) is 2.91. The molecule has 114 valence electrons. The van der Waals surface area contributed by atoms with Crippen LogP contribution in [0.3, 0.4) is 0 Å². The zero-order valence-electron chi connectivity index (χ0n) is 12.2. The van der Waals surface area contributed by atoms with Crippen molar-refractivity contribution in [1.82, 2.24) is 14.5 Å². The number of aromatic amines is 1. The molecule has 0 amide bonds. The Labute approximate surface area is 120 Å². The van der Waals surface area contributed by atoms with E-state index in [-0.39, 0.29) is 17.5 Å². The van der Waals surface area contributed by atoms with Crippen molar-refractivity contribution in [2.75, 3.05) is 7.05 Å². The normalized spacial score (nSPS) is 18.4. The van der Waals surface area contributed by atoms with Crippen LogP contribution in [0.4, 0.5) is 0 Å². The highest BCUT2D eigenvalue weighted by atomic mass is 32.2. The first-order valence-corrected chi connectivity index (χ1v) is 8.64. The van der Waals surface area contributed by atoms with Gasteiger partial charge in [0.2, 0.25) is 10.0 Å². The summed E-state index contributed by atoms with van der Waals surface area (Å²) in [4.78, 5) is 0.256. The molecule has 1 aromatic rings. The van der Waals surface area contributed by atoms with E-state index >= 15 is 0 Å². The molecule has 0 saturated heterocycles. The summed E-state index contributed by atoms with van der Waals surface area (Å²) in [5.41, 5.74) is 6.58. The lowest BCUT2D eigenvalue weighted by atomic mass is 10.1. The topological polar surface area (TPSA) is 92.1 Å². The van der Waals surface area contributed by atoms with E-state index in [1.807, 2.05) is 0 Å². The zero-order chi connectivity index (χ0) is 14.8. The SMILES string of the molecule is Cc1[nH]nc(CN)c1S(=O)(=O)N(C)C1CCCCCC1. The number of rotatable bonds is 4. The van der Waals surface area contributed by atoms with Gasteiger partial charge in [-0.3, -0.25) is 5.10 Å². The highest BCUT2D eigenvalue weighted by Gasteiger charge is 2.32. The third-order valence-electron chi connectivity index (χ3n) is 4.13. The van der Waals surface area contributed by atoms with Crippen molar-refractivity contribution in [3.63, 3.8) is 0 Å². The van der Waals surface area contributed by atoms with Gasteiger partial charge in [0.15, 0.2) is 0 Å². The third kappa shape index (κ3) is 2.89. The summed E-state index contributed by atoms with van der Waals surface area (Å²) < 4.78 is 27.2. The lowest BCUT2D eigenvalue weighted by Gasteiger charge is -2.26. The minimum absolute atomic E-state index is 0.0856. The number of nitrogens with one attached hydrogen (secondary N) is 1. The van der Waals surface area contributed by atoms with Crippen molar-refractivity contribution in [2.45, 2.75) is 62.9 Å². The molecule has 0 atom stereocenters. The summed E-state index contributed by atoms with van der Waals surface area (Å²) in [6, 6.07) is 0.0856. The minimum Gasteiger partial charge on any atom is -0.325 e. The zero-order valence-corrected chi connectivity index (χ0v) is 13.0. The molecule has 6 nitrogen and oxygen atoms in total. The summed E-state index contributed by atoms with van der Waals surface area (Å²) in [5.74, 6) is 0. The van der Waals surface area contributed by atoms with Gasteiger partial charge in [0, 0.05) is 19.6 Å². The number of nitrogens with two attached hydrogens (primary N) is 1. The van der Waals surface area contributed by atoms with E-state index in [9.17, 15) is 8.42 Å². The van der Waals surface area contributed by atoms with E-state index in [4.69, 9.17) is 5.73 Å². The van der Waals surface area contributed by atoms with Crippen LogP contribution in [0.1, 0.15) is 49.9 Å². The first-order chi connectivity index (χ1) is 9.48. The van der Waals surface area contributed by atoms with Gasteiger partial charge in [-0.1, -0.05) is 25.7 Å². The Kier molecular flexibility index (Phi) is 4.82. The van der Waals surface area contributed by atoms with Crippen molar-refractivity contribution in [1.29, 1.82) is 0 Å². The Morgan fingerprint density at radius 2 is 1.90 bits per heavy atom. The molecule has 1 fully saturated rings. The number of aromatic nitrogens is 2. The summed E-state index contributed by atoms with van der Waals surface area (Å²) in [6.07, 6.45) is 6.46. The van der Waals surface area contributed by atoms with Gasteiger partial charge in [-0.25, -0.2) is 8.42 Å². The van der Waals surface area contributed by atoms with Crippen LogP contribution in [0.2, 0.25) is 0 Å². The van der Waals surface area contributed by atoms with Crippen LogP contribution in [-0.2, 0) is 16.6 Å². The molecule has 0 aliphatic heterocycles. The van der Waals surface area contributed by atoms with E-state index in [0.29, 0.717) is 11.4 Å². The molecule has 2 rings (SSSR count). The molecule has 0 spiro atoms. The van der Waals surface area contributed by atoms with E-state index in [2.05, 4.69) is 10.2 Å². The number of nitrogens with zero attached hydrogens (tertiary/aromatic N) is 2. The van der Waals surface area contributed by atoms with Gasteiger partial charge in [-0.15, -0.1) is 0 Å². The molecule has 1 aliphatic rings. The van der Waals surface area contributed by atoms with Gasteiger partial charge in [0.05, 0.1) is 11.4 Å². The quantitative estimate of drug-likeness (QED) is 0.825. The van der Waals surface area contributed by atoms with Gasteiger partial charge < -0.3 is 5.73 Å². The highest BCUT2D eigenvalue weighted by molar-refractivity contribution is 7.89. The fraction of sp³-hybridized carbons (Fsp3) is 0.769. The lowest BCUT2D eigenvalue weighted by molar-refractivity contribution is 0.335. The predicted molar refractivity (Wildman–Crippen MR) is 77.7 cm³/mol. The summed E-state index contributed by atoms with van der Waals surface area (Å²) in [5, 5.41) is 6.72. The van der Waals surface area contributed by atoms with Crippen LogP contribution >= 0.6 is 0 Å². The van der Waals surface area contributed by atoms with Crippen LogP contribution in [0, 0.1) is 6.92 Å². The molecular weight excluding hydrogens is 276 g/mol. The molecule has 3 N–H and O–H groups in total. The summed E-state index contributed by atoms with van der Waals surface area (Å²) in [7, 11) is -1.85. The average Bonchev–Trinajstić information content (AvgIpc) is 2.64. The van der Waals surface area contributed by atoms with E-state index < -0.39 is 10.0 Å². The van der Waals surface area contributed by atoms with Gasteiger partial charge in [-0.2, -0.15) is 9.40 Å². The molecule has 0 radical (unpaired) electrons. The number of aryl methyl sites for hydroxylation is 1. The van der Waals surface area contributed by atoms with Crippen molar-refractivity contribution in [3.8, 4) is 0 Å². The molecule has 1 aliphatic carbocycles. The number of sulfonamides is 1. The minimum atomic E-state index is -3.53. The second-order valence-electron chi connectivity index (χ2n) is 5.50. The van der Waals surface area contributed by atoms with E-state index in [0.717, 1.165) is 25.7 Å². The summed E-state index contributed by atoms with van der Waals surface area (Å²) >= 11 is 0. The smallest absolute Gasteiger partial charge is 0.246 e. The largest absolute Gasteiger partial charge is 0.325 e. The highest BCUT2D eigenvalue weighted by Crippen LogP contribution is 2.28. The van der Waals surface area contributed by atoms with Crippen molar-refractivity contribution in [3.05, 3.63) is 11.4 Å². The molecule has 0 bridgehead atoms. The Bertz CT molecular complexity index is 545. The molecular formula is C13H24N4O2S. The summed E-state index contributed by atoms with van der Waals surface area (Å²) in [6.45, 7) is 1.84. The Morgan fingerprint density at radius 3 is 2.45 bits per heavy atom. The second kappa shape index (κ2) is 6.24. The maximum Gasteiger partial charge on any atom is 0.246 e. The van der Waals surface area contributed by atoms with Gasteiger partial charge in [-0.05, 0) is 19.8 Å². The molecule has 7 heteroatoms. The van der Waals surface area contributed by atoms with Gasteiger partial charge >= 0.3 is 0 Å². The van der Waals surface area contributed by atoms with Crippen LogP contribution in [0.15, 0.2) is 4.90 Å². The molecule has 0 aromatic carbocycles. The van der Waals surface area contributed by atoms with Crippen molar-refractivity contribution in [2.24, 2.45) is 5.73 Å². The number of hydrogen-bond donors (Lipinski definition) is 2. The lowest BCUT2D eigenvalue weighted by Crippen LogP contribution is -2.37. The van der Waals surface area contributed by atoms with Crippen molar-refractivity contribution >= 4 is 10.0 Å². The average molecular weight is 300 g/mol. The Hall–Kier alpha value is -0.920. The second-order valence-corrected chi connectivity index (χ2v) is 7.43. The first kappa shape index (κ1) is 15.5. The van der Waals surface area contributed by atoms with Crippen LogP contribution < -0.4 is 5.73 Å². The fourth-order valence-corrected chi connectivity index (χ4v) is 4.66. The molecule has 20 heavy (non-hydrogen) atoms. The van der Waals surface area contributed by atoms with Crippen LogP contribution in [-0.4, -0.2) is 36.0 Å². The van der Waals surface area contributed by atoms with Gasteiger partial charge in [0.25, 0.3) is 0 Å². The third-order valence-corrected chi connectivity index (χ3v) is 6.24.